The van der Waals surface area contributed by atoms with Gasteiger partial charge in [-0.25, -0.2) is 8.42 Å². The quantitative estimate of drug-likeness (QED) is 0.423. The van der Waals surface area contributed by atoms with Crippen molar-refractivity contribution in [3.63, 3.8) is 0 Å². The number of guanidine groups is 1. The number of rotatable bonds is 4. The minimum atomic E-state index is -3.31. The number of nitrogens with zero attached hydrogens (tertiary/aromatic N) is 2. The molecule has 6 nitrogen and oxygen atoms in total. The zero-order valence-corrected chi connectivity index (χ0v) is 15.1. The molecular weight excluding hydrogens is 411 g/mol. The molecule has 1 aromatic rings. The Balaban J connectivity index is 0.00000200. The van der Waals surface area contributed by atoms with Gasteiger partial charge in [-0.1, -0.05) is 6.07 Å². The van der Waals surface area contributed by atoms with Gasteiger partial charge in [0, 0.05) is 26.7 Å². The third kappa shape index (κ3) is 4.06. The molecule has 0 bridgehead atoms. The van der Waals surface area contributed by atoms with E-state index in [0.717, 1.165) is 6.42 Å². The molecular formula is C11H19IN4O2S2. The van der Waals surface area contributed by atoms with Crippen molar-refractivity contribution in [1.82, 2.24) is 9.62 Å². The average molecular weight is 430 g/mol. The van der Waals surface area contributed by atoms with E-state index in [0.29, 0.717) is 29.8 Å². The van der Waals surface area contributed by atoms with Gasteiger partial charge in [-0.3, -0.25) is 4.99 Å². The molecule has 20 heavy (non-hydrogen) atoms. The van der Waals surface area contributed by atoms with Crippen molar-refractivity contribution in [1.29, 1.82) is 0 Å². The molecule has 1 aromatic heterocycles. The largest absolute Gasteiger partial charge is 0.370 e. The Morgan fingerprint density at radius 2 is 2.40 bits per heavy atom. The molecule has 3 N–H and O–H groups in total. The lowest BCUT2D eigenvalue weighted by molar-refractivity contribution is 0.456. The maximum Gasteiger partial charge on any atom is 0.252 e. The first-order valence-corrected chi connectivity index (χ1v) is 8.36. The molecule has 0 aromatic carbocycles. The van der Waals surface area contributed by atoms with Crippen LogP contribution in [0.15, 0.2) is 26.7 Å². The molecule has 1 unspecified atom stereocenters. The minimum Gasteiger partial charge on any atom is -0.370 e. The Labute approximate surface area is 140 Å². The summed E-state index contributed by atoms with van der Waals surface area (Å²) in [6.45, 7) is 1.75. The SMILES string of the molecule is CN=C(N)NCC1CCN(S(=O)(=O)c2cccs2)C1.I. The molecule has 9 heteroatoms. The van der Waals surface area contributed by atoms with Crippen LogP contribution in [0.3, 0.4) is 0 Å². The van der Waals surface area contributed by atoms with E-state index < -0.39 is 10.0 Å². The van der Waals surface area contributed by atoms with E-state index in [1.165, 1.54) is 11.3 Å². The number of hydrogen-bond donors (Lipinski definition) is 2. The van der Waals surface area contributed by atoms with Gasteiger partial charge >= 0.3 is 0 Å². The van der Waals surface area contributed by atoms with Gasteiger partial charge in [0.25, 0.3) is 10.0 Å². The van der Waals surface area contributed by atoms with Crippen molar-refractivity contribution < 1.29 is 8.42 Å². The second-order valence-corrected chi connectivity index (χ2v) is 7.55. The molecule has 114 valence electrons. The first-order valence-electron chi connectivity index (χ1n) is 6.04. The molecule has 1 saturated heterocycles. The van der Waals surface area contributed by atoms with Gasteiger partial charge in [-0.15, -0.1) is 35.3 Å². The van der Waals surface area contributed by atoms with Crippen molar-refractivity contribution in [2.75, 3.05) is 26.7 Å². The van der Waals surface area contributed by atoms with Gasteiger partial charge in [-0.05, 0) is 23.8 Å². The van der Waals surface area contributed by atoms with Gasteiger partial charge in [0.1, 0.15) is 4.21 Å². The summed E-state index contributed by atoms with van der Waals surface area (Å²) in [4.78, 5) is 3.81. The first kappa shape index (κ1) is 17.7. The predicted octanol–water partition coefficient (Wildman–Crippen LogP) is 0.911. The standard InChI is InChI=1S/C11H18N4O2S2.HI/c1-13-11(12)14-7-9-4-5-15(8-9)19(16,17)10-3-2-6-18-10;/h2-3,6,9H,4-5,7-8H2,1H3,(H3,12,13,14);1H. The van der Waals surface area contributed by atoms with Crippen LogP contribution in [0, 0.1) is 5.92 Å². The third-order valence-electron chi connectivity index (χ3n) is 3.15. The number of sulfonamides is 1. The van der Waals surface area contributed by atoms with Crippen molar-refractivity contribution in [2.45, 2.75) is 10.6 Å². The number of thiophene rings is 1. The monoisotopic (exact) mass is 430 g/mol. The second-order valence-electron chi connectivity index (χ2n) is 4.44. The Hall–Kier alpha value is -0.390. The highest BCUT2D eigenvalue weighted by atomic mass is 127. The summed E-state index contributed by atoms with van der Waals surface area (Å²) in [5, 5.41) is 4.77. The van der Waals surface area contributed by atoms with Crippen molar-refractivity contribution >= 4 is 51.3 Å². The highest BCUT2D eigenvalue weighted by Crippen LogP contribution is 2.26. The molecule has 0 spiro atoms. The number of halogens is 1. The van der Waals surface area contributed by atoms with Crippen molar-refractivity contribution in [3.05, 3.63) is 17.5 Å². The van der Waals surface area contributed by atoms with Crippen LogP contribution < -0.4 is 11.1 Å². The van der Waals surface area contributed by atoms with Crippen LogP contribution in [0.4, 0.5) is 0 Å². The summed E-state index contributed by atoms with van der Waals surface area (Å²) in [5.41, 5.74) is 5.56. The van der Waals surface area contributed by atoms with Crippen LogP contribution in [0.5, 0.6) is 0 Å². The van der Waals surface area contributed by atoms with E-state index in [4.69, 9.17) is 5.73 Å². The highest BCUT2D eigenvalue weighted by Gasteiger charge is 2.32. The van der Waals surface area contributed by atoms with Crippen LogP contribution in [0.1, 0.15) is 6.42 Å². The maximum absolute atomic E-state index is 12.3. The summed E-state index contributed by atoms with van der Waals surface area (Å²) in [7, 11) is -1.69. The molecule has 1 fully saturated rings. The second kappa shape index (κ2) is 7.57. The van der Waals surface area contributed by atoms with E-state index in [1.807, 2.05) is 0 Å². The summed E-state index contributed by atoms with van der Waals surface area (Å²) < 4.78 is 26.6. The topological polar surface area (TPSA) is 87.8 Å². The van der Waals surface area contributed by atoms with Gasteiger partial charge in [0.2, 0.25) is 0 Å². The van der Waals surface area contributed by atoms with E-state index >= 15 is 0 Å². The Bertz CT molecular complexity index is 545. The number of hydrogen-bond acceptors (Lipinski definition) is 4. The molecule has 2 heterocycles. The third-order valence-corrected chi connectivity index (χ3v) is 6.39. The Morgan fingerprint density at radius 3 is 3.00 bits per heavy atom. The van der Waals surface area contributed by atoms with Crippen molar-refractivity contribution in [3.8, 4) is 0 Å². The number of nitrogens with two attached hydrogens (primary N) is 1. The van der Waals surface area contributed by atoms with Crippen LogP contribution in [-0.4, -0.2) is 45.4 Å². The predicted molar refractivity (Wildman–Crippen MR) is 92.1 cm³/mol. The van der Waals surface area contributed by atoms with E-state index in [2.05, 4.69) is 10.3 Å². The van der Waals surface area contributed by atoms with Crippen molar-refractivity contribution in [2.24, 2.45) is 16.6 Å². The first-order chi connectivity index (χ1) is 9.04. The molecule has 0 aliphatic carbocycles. The lowest BCUT2D eigenvalue weighted by Gasteiger charge is -2.15. The minimum absolute atomic E-state index is 0. The van der Waals surface area contributed by atoms with Crippen LogP contribution in [-0.2, 0) is 10.0 Å². The Kier molecular flexibility index (Phi) is 6.69. The summed E-state index contributed by atoms with van der Waals surface area (Å²) >= 11 is 1.26. The molecule has 1 atom stereocenters. The number of aliphatic imine (C=N–C) groups is 1. The van der Waals surface area contributed by atoms with Gasteiger partial charge < -0.3 is 11.1 Å². The average Bonchev–Trinajstić information content (AvgIpc) is 3.06. The number of nitrogens with one attached hydrogen (secondary N) is 1. The summed E-state index contributed by atoms with van der Waals surface area (Å²) in [5.74, 6) is 0.662. The molecule has 1 aliphatic heterocycles. The zero-order valence-electron chi connectivity index (χ0n) is 11.2. The lowest BCUT2D eigenvalue weighted by atomic mass is 10.1. The molecule has 2 rings (SSSR count). The fourth-order valence-electron chi connectivity index (χ4n) is 2.05. The molecule has 0 amide bonds. The van der Waals surface area contributed by atoms with Crippen LogP contribution in [0.25, 0.3) is 0 Å². The smallest absolute Gasteiger partial charge is 0.252 e. The fourth-order valence-corrected chi connectivity index (χ4v) is 4.72. The lowest BCUT2D eigenvalue weighted by Crippen LogP contribution is -2.36. The summed E-state index contributed by atoms with van der Waals surface area (Å²) in [6.07, 6.45) is 0.842. The zero-order chi connectivity index (χ0) is 13.9. The normalized spacial score (nSPS) is 20.6. The van der Waals surface area contributed by atoms with Gasteiger partial charge in [0.15, 0.2) is 5.96 Å². The van der Waals surface area contributed by atoms with E-state index in [9.17, 15) is 8.42 Å². The van der Waals surface area contributed by atoms with Gasteiger partial charge in [0.05, 0.1) is 0 Å². The molecule has 1 aliphatic rings. The summed E-state index contributed by atoms with van der Waals surface area (Å²) in [6, 6.07) is 3.40. The molecule has 0 radical (unpaired) electrons. The van der Waals surface area contributed by atoms with Crippen LogP contribution in [0.2, 0.25) is 0 Å². The van der Waals surface area contributed by atoms with Crippen LogP contribution >= 0.6 is 35.3 Å². The fraction of sp³-hybridized carbons (Fsp3) is 0.545. The Morgan fingerprint density at radius 1 is 1.65 bits per heavy atom. The van der Waals surface area contributed by atoms with E-state index in [1.54, 1.807) is 28.9 Å². The maximum atomic E-state index is 12.3. The van der Waals surface area contributed by atoms with E-state index in [-0.39, 0.29) is 29.9 Å². The highest BCUT2D eigenvalue weighted by molar-refractivity contribution is 14.0. The van der Waals surface area contributed by atoms with Gasteiger partial charge in [-0.2, -0.15) is 4.31 Å². The molecule has 0 saturated carbocycles.